The molecule has 1 N–H and O–H groups in total. The third-order valence-electron chi connectivity index (χ3n) is 4.60. The topological polar surface area (TPSA) is 20.2 Å². The average molecular weight is 402 g/mol. The van der Waals surface area contributed by atoms with Crippen LogP contribution in [-0.4, -0.2) is 17.4 Å². The minimum atomic E-state index is -0.408. The number of aliphatic hydroxyl groups is 1. The summed E-state index contributed by atoms with van der Waals surface area (Å²) < 4.78 is 0. The molecule has 0 bridgehead atoms. The first-order chi connectivity index (χ1) is 12.1. The van der Waals surface area contributed by atoms with E-state index in [0.717, 1.165) is 0 Å². The van der Waals surface area contributed by atoms with E-state index in [2.05, 4.69) is 61.7 Å². The van der Waals surface area contributed by atoms with Crippen LogP contribution in [0.25, 0.3) is 12.2 Å². The van der Waals surface area contributed by atoms with Crippen molar-refractivity contribution in [2.24, 2.45) is 0 Å². The van der Waals surface area contributed by atoms with E-state index in [-0.39, 0.29) is 34.9 Å². The summed E-state index contributed by atoms with van der Waals surface area (Å²) in [5.74, 6) is 0.180. The van der Waals surface area contributed by atoms with Crippen molar-refractivity contribution in [2.45, 2.75) is 31.0 Å². The number of hydrogen-bond donors (Lipinski definition) is 1. The van der Waals surface area contributed by atoms with Gasteiger partial charge in [0.25, 0.3) is 0 Å². The van der Waals surface area contributed by atoms with Gasteiger partial charge >= 0.3 is 45.4 Å². The van der Waals surface area contributed by atoms with Crippen molar-refractivity contribution in [3.8, 4) is 0 Å². The Morgan fingerprint density at radius 2 is 1.28 bits per heavy atom. The van der Waals surface area contributed by atoms with Crippen molar-refractivity contribution in [1.82, 2.24) is 0 Å². The molecule has 2 aliphatic rings. The summed E-state index contributed by atoms with van der Waals surface area (Å²) in [6, 6.07) is 16.6. The van der Waals surface area contributed by atoms with Crippen molar-refractivity contribution >= 4 is 27.6 Å². The standard InChI is InChI=1S/C19H16O.C2H6Si.ClH.Ti/c20-19(17-11-9-13-5-1-3-7-15(13)17)18-12-10-14-6-2-4-8-16(14)18;1-3-2;;/h1-12,17-20H;1-2H3;1H;/q;;;+1/p-1. The van der Waals surface area contributed by atoms with E-state index >= 15 is 0 Å². The van der Waals surface area contributed by atoms with Crippen LogP contribution in [0.15, 0.2) is 60.7 Å². The molecular weight excluding hydrogens is 380 g/mol. The Morgan fingerprint density at radius 1 is 0.880 bits per heavy atom. The molecule has 127 valence electrons. The Morgan fingerprint density at radius 3 is 1.68 bits per heavy atom. The Hall–Kier alpha value is -0.899. The van der Waals surface area contributed by atoms with Gasteiger partial charge in [0.2, 0.25) is 0 Å². The number of hydrogen-bond acceptors (Lipinski definition) is 1. The first-order valence-electron chi connectivity index (χ1n) is 8.51. The molecule has 1 nitrogen and oxygen atoms in total. The third kappa shape index (κ3) is 4.27. The molecule has 0 fully saturated rings. The molecule has 4 rings (SSSR count). The smallest absolute Gasteiger partial charge is 0.0746 e. The van der Waals surface area contributed by atoms with Crippen LogP contribution in [-0.2, 0) is 16.8 Å². The van der Waals surface area contributed by atoms with E-state index in [0.29, 0.717) is 0 Å². The summed E-state index contributed by atoms with van der Waals surface area (Å²) in [5.41, 5.74) is 4.93. The zero-order valence-corrected chi connectivity index (χ0v) is 17.8. The molecule has 0 saturated carbocycles. The van der Waals surface area contributed by atoms with Crippen molar-refractivity contribution in [3.63, 3.8) is 0 Å². The van der Waals surface area contributed by atoms with Gasteiger partial charge in [0.1, 0.15) is 0 Å². The molecule has 2 unspecified atom stereocenters. The fourth-order valence-corrected chi connectivity index (χ4v) is 3.37. The molecule has 0 spiro atoms. The maximum absolute atomic E-state index is 10.8. The second-order valence-electron chi connectivity index (χ2n) is 6.61. The van der Waals surface area contributed by atoms with Gasteiger partial charge in [-0.15, -0.1) is 0 Å². The number of rotatable bonds is 2. The van der Waals surface area contributed by atoms with E-state index in [1.165, 1.54) is 22.3 Å². The second-order valence-corrected chi connectivity index (χ2v) is 16.7. The van der Waals surface area contributed by atoms with Crippen LogP contribution in [0.5, 0.6) is 0 Å². The molecule has 2 aromatic carbocycles. The van der Waals surface area contributed by atoms with Crippen LogP contribution in [0.4, 0.5) is 0 Å². The number of aliphatic hydroxyl groups excluding tert-OH is 1. The predicted octanol–water partition coefficient (Wildman–Crippen LogP) is 5.44. The van der Waals surface area contributed by atoms with Gasteiger partial charge in [-0.05, 0) is 22.3 Å². The summed E-state index contributed by atoms with van der Waals surface area (Å²) in [4.78, 5) is 0. The molecule has 2 aromatic rings. The zero-order valence-electron chi connectivity index (χ0n) is 14.5. The molecule has 0 aromatic heterocycles. The summed E-state index contributed by atoms with van der Waals surface area (Å²) in [7, 11) is 5.51. The van der Waals surface area contributed by atoms with Gasteiger partial charge in [-0.2, -0.15) is 0 Å². The molecule has 25 heavy (non-hydrogen) atoms. The summed E-state index contributed by atoms with van der Waals surface area (Å²) >= 11 is 0.0185. The SMILES string of the molecule is C[Si](C)=[Ti][Cl].OC(C1C=Cc2ccccc21)C1C=Cc2ccccc21. The molecule has 0 radical (unpaired) electrons. The van der Waals surface area contributed by atoms with E-state index in [9.17, 15) is 5.11 Å². The maximum atomic E-state index is 10.8. The zero-order chi connectivity index (χ0) is 17.8. The van der Waals surface area contributed by atoms with E-state index in [1.807, 2.05) is 24.3 Å². The fourth-order valence-electron chi connectivity index (χ4n) is 3.37. The van der Waals surface area contributed by atoms with Crippen LogP contribution < -0.4 is 0 Å². The molecule has 2 aliphatic carbocycles. The number of benzene rings is 2. The van der Waals surface area contributed by atoms with E-state index in [1.54, 1.807) is 0 Å². The Bertz CT molecular complexity index is 778. The minimum Gasteiger partial charge on any atom is -0.391 e. The van der Waals surface area contributed by atoms with E-state index in [4.69, 9.17) is 9.30 Å². The Labute approximate surface area is 163 Å². The van der Waals surface area contributed by atoms with Crippen LogP contribution in [0.3, 0.4) is 0 Å². The van der Waals surface area contributed by atoms with Gasteiger partial charge in [0.05, 0.1) is 6.10 Å². The van der Waals surface area contributed by atoms with Gasteiger partial charge < -0.3 is 5.11 Å². The summed E-state index contributed by atoms with van der Waals surface area (Å²) in [6.45, 7) is 4.50. The van der Waals surface area contributed by atoms with E-state index < -0.39 is 6.10 Å². The monoisotopic (exact) mass is 401 g/mol. The average Bonchev–Trinajstić information content (AvgIpc) is 3.26. The van der Waals surface area contributed by atoms with Gasteiger partial charge in [-0.3, -0.25) is 0 Å². The van der Waals surface area contributed by atoms with Gasteiger partial charge in [-0.1, -0.05) is 72.8 Å². The predicted molar refractivity (Wildman–Crippen MR) is 106 cm³/mol. The quantitative estimate of drug-likeness (QED) is 0.664. The number of fused-ring (bicyclic) bond motifs is 2. The van der Waals surface area contributed by atoms with Gasteiger partial charge in [0.15, 0.2) is 0 Å². The van der Waals surface area contributed by atoms with Gasteiger partial charge in [0, 0.05) is 11.8 Å². The first kappa shape index (κ1) is 18.9. The Balaban J connectivity index is 0.000000324. The molecule has 0 aliphatic heterocycles. The first-order valence-corrected chi connectivity index (χ1v) is 15.5. The molecular formula is C21H22ClOSiTi. The molecule has 0 heterocycles. The van der Waals surface area contributed by atoms with Crippen molar-refractivity contribution in [3.05, 3.63) is 82.9 Å². The summed E-state index contributed by atoms with van der Waals surface area (Å²) in [6.07, 6.45) is 8.10. The Kier molecular flexibility index (Phi) is 6.54. The third-order valence-corrected chi connectivity index (χ3v) is 11.4. The second kappa shape index (κ2) is 8.66. The van der Waals surface area contributed by atoms with Crippen LogP contribution in [0.2, 0.25) is 13.1 Å². The fraction of sp³-hybridized carbons (Fsp3) is 0.238. The van der Waals surface area contributed by atoms with Crippen molar-refractivity contribution < 1.29 is 21.9 Å². The molecule has 0 saturated heterocycles. The van der Waals surface area contributed by atoms with Gasteiger partial charge in [-0.25, -0.2) is 0 Å². The largest absolute Gasteiger partial charge is 0.391 e. The van der Waals surface area contributed by atoms with Crippen molar-refractivity contribution in [1.29, 1.82) is 0 Å². The van der Waals surface area contributed by atoms with Crippen LogP contribution in [0.1, 0.15) is 34.1 Å². The summed E-state index contributed by atoms with van der Waals surface area (Å²) in [5, 5.41) is 10.8. The normalized spacial score (nSPS) is 20.2. The maximum Gasteiger partial charge on any atom is 0.0746 e. The molecule has 2 atom stereocenters. The number of halogens is 1. The van der Waals surface area contributed by atoms with Crippen LogP contribution >= 0.6 is 9.30 Å². The molecule has 4 heteroatoms. The van der Waals surface area contributed by atoms with Crippen molar-refractivity contribution in [2.75, 3.05) is 0 Å². The minimum absolute atomic E-state index is 0.0165. The van der Waals surface area contributed by atoms with Crippen LogP contribution in [0, 0.1) is 0 Å². The molecule has 0 amide bonds.